The third kappa shape index (κ3) is 3.29. The monoisotopic (exact) mass is 293 g/mol. The number of rotatable bonds is 5. The predicted octanol–water partition coefficient (Wildman–Crippen LogP) is 2.38. The number of Topliss-reactive ketones (excluding diaryl/α,β-unsaturated/α-hetero) is 1. The van der Waals surface area contributed by atoms with Crippen molar-refractivity contribution in [3.05, 3.63) is 17.7 Å². The van der Waals surface area contributed by atoms with E-state index in [2.05, 4.69) is 4.90 Å². The second kappa shape index (κ2) is 6.80. The van der Waals surface area contributed by atoms with Crippen LogP contribution in [0.5, 0.6) is 11.5 Å². The fourth-order valence-electron chi connectivity index (χ4n) is 2.43. The Labute approximate surface area is 125 Å². The van der Waals surface area contributed by atoms with Crippen molar-refractivity contribution in [3.8, 4) is 11.5 Å². The highest BCUT2D eigenvalue weighted by Crippen LogP contribution is 2.36. The second-order valence-corrected chi connectivity index (χ2v) is 5.34. The first-order valence-electron chi connectivity index (χ1n) is 7.21. The molecule has 2 rings (SSSR count). The lowest BCUT2D eigenvalue weighted by atomic mass is 9.98. The Bertz CT molecular complexity index is 482. The van der Waals surface area contributed by atoms with Crippen LogP contribution in [0.1, 0.15) is 24.2 Å². The molecule has 0 amide bonds. The molecule has 1 aliphatic heterocycles. The molecule has 0 atom stereocenters. The van der Waals surface area contributed by atoms with Crippen molar-refractivity contribution in [1.82, 2.24) is 0 Å². The standard InChI is InChI=1S/C16H23NO4/c1-11(2)16(18)15-13(19-3)9-12(10-14(15)20-4)17-5-7-21-8-6-17/h9-11H,5-8H2,1-4H3. The molecule has 1 saturated heterocycles. The van der Waals surface area contributed by atoms with Gasteiger partial charge in [0.2, 0.25) is 0 Å². The maximum Gasteiger partial charge on any atom is 0.172 e. The van der Waals surface area contributed by atoms with E-state index in [1.165, 1.54) is 0 Å². The van der Waals surface area contributed by atoms with E-state index in [4.69, 9.17) is 14.2 Å². The minimum absolute atomic E-state index is 0.0252. The number of hydrogen-bond donors (Lipinski definition) is 0. The van der Waals surface area contributed by atoms with Crippen LogP contribution in [0, 0.1) is 5.92 Å². The van der Waals surface area contributed by atoms with Crippen molar-refractivity contribution in [2.45, 2.75) is 13.8 Å². The third-order valence-electron chi connectivity index (χ3n) is 3.64. The summed E-state index contributed by atoms with van der Waals surface area (Å²) in [5.74, 6) is 1.04. The highest BCUT2D eigenvalue weighted by atomic mass is 16.5. The van der Waals surface area contributed by atoms with Gasteiger partial charge in [-0.25, -0.2) is 0 Å². The molecule has 116 valence electrons. The van der Waals surface area contributed by atoms with Gasteiger partial charge in [-0.1, -0.05) is 13.8 Å². The molecule has 0 unspecified atom stereocenters. The fraction of sp³-hybridized carbons (Fsp3) is 0.562. The highest BCUT2D eigenvalue weighted by molar-refractivity contribution is 6.03. The van der Waals surface area contributed by atoms with Crippen molar-refractivity contribution in [2.24, 2.45) is 5.92 Å². The smallest absolute Gasteiger partial charge is 0.172 e. The first kappa shape index (κ1) is 15.6. The van der Waals surface area contributed by atoms with Crippen molar-refractivity contribution in [3.63, 3.8) is 0 Å². The van der Waals surface area contributed by atoms with Crippen LogP contribution in [0.4, 0.5) is 5.69 Å². The number of carbonyl (C=O) groups excluding carboxylic acids is 1. The van der Waals surface area contributed by atoms with Gasteiger partial charge in [0.15, 0.2) is 5.78 Å². The number of benzene rings is 1. The number of ketones is 1. The lowest BCUT2D eigenvalue weighted by Gasteiger charge is -2.30. The Morgan fingerprint density at radius 1 is 1.14 bits per heavy atom. The zero-order valence-corrected chi connectivity index (χ0v) is 13.1. The van der Waals surface area contributed by atoms with Gasteiger partial charge >= 0.3 is 0 Å². The molecule has 0 bridgehead atoms. The average molecular weight is 293 g/mol. The van der Waals surface area contributed by atoms with E-state index in [1.54, 1.807) is 14.2 Å². The molecular formula is C16H23NO4. The minimum atomic E-state index is -0.109. The topological polar surface area (TPSA) is 48.0 Å². The Morgan fingerprint density at radius 2 is 1.67 bits per heavy atom. The molecule has 0 N–H and O–H groups in total. The molecule has 1 fully saturated rings. The molecule has 0 spiro atoms. The maximum absolute atomic E-state index is 12.4. The molecule has 0 aliphatic carbocycles. The van der Waals surface area contributed by atoms with Crippen LogP contribution in [-0.2, 0) is 4.74 Å². The summed E-state index contributed by atoms with van der Waals surface area (Å²) in [5, 5.41) is 0. The van der Waals surface area contributed by atoms with Gasteiger partial charge in [0.1, 0.15) is 17.1 Å². The molecule has 1 aromatic carbocycles. The Kier molecular flexibility index (Phi) is 5.07. The van der Waals surface area contributed by atoms with Gasteiger partial charge < -0.3 is 19.1 Å². The summed E-state index contributed by atoms with van der Waals surface area (Å²) in [6.45, 7) is 6.80. The van der Waals surface area contributed by atoms with E-state index in [9.17, 15) is 4.79 Å². The van der Waals surface area contributed by atoms with Gasteiger partial charge in [-0.05, 0) is 0 Å². The third-order valence-corrected chi connectivity index (χ3v) is 3.64. The molecule has 0 aromatic heterocycles. The number of morpholine rings is 1. The number of ether oxygens (including phenoxy) is 3. The SMILES string of the molecule is COc1cc(N2CCOCC2)cc(OC)c1C(=O)C(C)C. The van der Waals surface area contributed by atoms with Crippen LogP contribution in [0.3, 0.4) is 0 Å². The van der Waals surface area contributed by atoms with E-state index in [0.29, 0.717) is 30.3 Å². The summed E-state index contributed by atoms with van der Waals surface area (Å²) in [6.07, 6.45) is 0. The lowest BCUT2D eigenvalue weighted by molar-refractivity contribution is 0.0933. The quantitative estimate of drug-likeness (QED) is 0.780. The zero-order valence-electron chi connectivity index (χ0n) is 13.1. The summed E-state index contributed by atoms with van der Waals surface area (Å²) in [7, 11) is 3.16. The number of anilines is 1. The van der Waals surface area contributed by atoms with Crippen molar-refractivity contribution in [1.29, 1.82) is 0 Å². The first-order valence-corrected chi connectivity index (χ1v) is 7.21. The summed E-state index contributed by atoms with van der Waals surface area (Å²) in [4.78, 5) is 14.6. The van der Waals surface area contributed by atoms with Gasteiger partial charge in [0.05, 0.1) is 27.4 Å². The number of carbonyl (C=O) groups is 1. The Hall–Kier alpha value is -1.75. The van der Waals surface area contributed by atoms with E-state index in [-0.39, 0.29) is 11.7 Å². The molecule has 1 aliphatic rings. The molecule has 5 heteroatoms. The van der Waals surface area contributed by atoms with Gasteiger partial charge in [-0.3, -0.25) is 4.79 Å². The number of nitrogens with zero attached hydrogens (tertiary/aromatic N) is 1. The predicted molar refractivity (Wildman–Crippen MR) is 81.7 cm³/mol. The Morgan fingerprint density at radius 3 is 2.10 bits per heavy atom. The van der Waals surface area contributed by atoms with Crippen molar-refractivity contribution >= 4 is 11.5 Å². The van der Waals surface area contributed by atoms with Gasteiger partial charge in [-0.15, -0.1) is 0 Å². The Balaban J connectivity index is 2.45. The zero-order chi connectivity index (χ0) is 15.4. The molecular weight excluding hydrogens is 270 g/mol. The normalized spacial score (nSPS) is 15.2. The summed E-state index contributed by atoms with van der Waals surface area (Å²) in [5.41, 5.74) is 1.51. The molecule has 21 heavy (non-hydrogen) atoms. The minimum Gasteiger partial charge on any atom is -0.496 e. The number of hydrogen-bond acceptors (Lipinski definition) is 5. The lowest BCUT2D eigenvalue weighted by Crippen LogP contribution is -2.36. The molecule has 5 nitrogen and oxygen atoms in total. The van der Waals surface area contributed by atoms with E-state index in [0.717, 1.165) is 18.8 Å². The molecule has 1 heterocycles. The maximum atomic E-state index is 12.4. The van der Waals surface area contributed by atoms with E-state index >= 15 is 0 Å². The van der Waals surface area contributed by atoms with Crippen LogP contribution >= 0.6 is 0 Å². The van der Waals surface area contributed by atoms with Gasteiger partial charge in [0, 0.05) is 36.8 Å². The van der Waals surface area contributed by atoms with Crippen LogP contribution in [0.25, 0.3) is 0 Å². The second-order valence-electron chi connectivity index (χ2n) is 5.34. The molecule has 0 saturated carbocycles. The highest BCUT2D eigenvalue weighted by Gasteiger charge is 2.23. The first-order chi connectivity index (χ1) is 10.1. The van der Waals surface area contributed by atoms with Crippen LogP contribution < -0.4 is 14.4 Å². The van der Waals surface area contributed by atoms with E-state index < -0.39 is 0 Å². The number of methoxy groups -OCH3 is 2. The fourth-order valence-corrected chi connectivity index (χ4v) is 2.43. The van der Waals surface area contributed by atoms with Crippen LogP contribution in [-0.4, -0.2) is 46.3 Å². The summed E-state index contributed by atoms with van der Waals surface area (Å²) >= 11 is 0. The largest absolute Gasteiger partial charge is 0.496 e. The van der Waals surface area contributed by atoms with Gasteiger partial charge in [0.25, 0.3) is 0 Å². The van der Waals surface area contributed by atoms with Crippen molar-refractivity contribution < 1.29 is 19.0 Å². The summed E-state index contributed by atoms with van der Waals surface area (Å²) < 4.78 is 16.2. The molecule has 0 radical (unpaired) electrons. The van der Waals surface area contributed by atoms with Crippen LogP contribution in [0.15, 0.2) is 12.1 Å². The van der Waals surface area contributed by atoms with Crippen molar-refractivity contribution in [2.75, 3.05) is 45.4 Å². The van der Waals surface area contributed by atoms with Gasteiger partial charge in [-0.2, -0.15) is 0 Å². The molecule has 1 aromatic rings. The summed E-state index contributed by atoms with van der Waals surface area (Å²) in [6, 6.07) is 3.81. The average Bonchev–Trinajstić information content (AvgIpc) is 2.53. The van der Waals surface area contributed by atoms with Crippen LogP contribution in [0.2, 0.25) is 0 Å². The van der Waals surface area contributed by atoms with E-state index in [1.807, 2.05) is 26.0 Å².